The lowest BCUT2D eigenvalue weighted by Gasteiger charge is -2.08. The fourth-order valence-electron chi connectivity index (χ4n) is 3.15. The van der Waals surface area contributed by atoms with E-state index in [1.54, 1.807) is 20.8 Å². The topological polar surface area (TPSA) is 143 Å². The molecule has 2 rings (SSSR count). The molecule has 2 aromatic heterocycles. The van der Waals surface area contributed by atoms with Crippen molar-refractivity contribution in [3.8, 4) is 0 Å². The maximum Gasteiger partial charge on any atom is 0.348 e. The Balaban J connectivity index is 2.12. The maximum absolute atomic E-state index is 12.5. The molecule has 0 aliphatic heterocycles. The van der Waals surface area contributed by atoms with Crippen LogP contribution in [-0.4, -0.2) is 46.3 Å². The lowest BCUT2D eigenvalue weighted by Crippen LogP contribution is -2.15. The van der Waals surface area contributed by atoms with Gasteiger partial charge in [0.05, 0.1) is 24.2 Å². The summed E-state index contributed by atoms with van der Waals surface area (Å²) < 4.78 is 11.4. The Bertz CT molecular complexity index is 1040. The average Bonchev–Trinajstić information content (AvgIpc) is 3.20. The van der Waals surface area contributed by atoms with Crippen LogP contribution < -0.4 is 5.32 Å². The molecular formula is C20H26N4O7S. The molecule has 174 valence electrons. The molecule has 0 fully saturated rings. The van der Waals surface area contributed by atoms with Crippen LogP contribution in [0.15, 0.2) is 0 Å². The summed E-state index contributed by atoms with van der Waals surface area (Å²) in [5.41, 5.74) is 1.22. The smallest absolute Gasteiger partial charge is 0.348 e. The third-order valence-corrected chi connectivity index (χ3v) is 5.90. The predicted octanol–water partition coefficient (Wildman–Crippen LogP) is 3.55. The Morgan fingerprint density at radius 2 is 1.91 bits per heavy atom. The molecule has 0 aliphatic rings. The average molecular weight is 467 g/mol. The van der Waals surface area contributed by atoms with Crippen LogP contribution in [0.4, 0.5) is 10.7 Å². The molecular weight excluding hydrogens is 440 g/mol. The first-order valence-electron chi connectivity index (χ1n) is 9.99. The van der Waals surface area contributed by atoms with Crippen molar-refractivity contribution in [1.29, 1.82) is 0 Å². The van der Waals surface area contributed by atoms with E-state index in [0.29, 0.717) is 36.3 Å². The number of amides is 1. The van der Waals surface area contributed by atoms with E-state index in [9.17, 15) is 24.5 Å². The number of methoxy groups -OCH3 is 1. The standard InChI is InChI=1S/C20H26N4O7S/c1-6-10-31-19(26)15-11(2)17(20(27)30-5)32-18(15)21-14(25)8-7-9-23-13(4)16(24(28)29)12(3)22-23/h6-10H2,1-5H3,(H,21,25). The number of carbonyl (C=O) groups is 3. The number of ether oxygens (including phenoxy) is 2. The van der Waals surface area contributed by atoms with Crippen molar-refractivity contribution in [2.24, 2.45) is 0 Å². The quantitative estimate of drug-likeness (QED) is 0.318. The molecule has 2 heterocycles. The van der Waals surface area contributed by atoms with Gasteiger partial charge in [-0.15, -0.1) is 11.3 Å². The van der Waals surface area contributed by atoms with Gasteiger partial charge in [-0.2, -0.15) is 5.10 Å². The third-order valence-electron chi connectivity index (χ3n) is 4.71. The highest BCUT2D eigenvalue weighted by Crippen LogP contribution is 2.34. The minimum Gasteiger partial charge on any atom is -0.465 e. The van der Waals surface area contributed by atoms with E-state index < -0.39 is 16.9 Å². The van der Waals surface area contributed by atoms with E-state index in [0.717, 1.165) is 11.3 Å². The predicted molar refractivity (Wildman–Crippen MR) is 117 cm³/mol. The van der Waals surface area contributed by atoms with Crippen molar-refractivity contribution >= 4 is 39.9 Å². The maximum atomic E-state index is 12.5. The van der Waals surface area contributed by atoms with Gasteiger partial charge in [0.25, 0.3) is 0 Å². The molecule has 0 saturated carbocycles. The number of thiophene rings is 1. The lowest BCUT2D eigenvalue weighted by molar-refractivity contribution is -0.386. The van der Waals surface area contributed by atoms with Crippen LogP contribution in [0.5, 0.6) is 0 Å². The molecule has 1 amide bonds. The third kappa shape index (κ3) is 5.49. The summed E-state index contributed by atoms with van der Waals surface area (Å²) in [7, 11) is 1.23. The van der Waals surface area contributed by atoms with E-state index in [1.165, 1.54) is 11.8 Å². The molecule has 11 nitrogen and oxygen atoms in total. The summed E-state index contributed by atoms with van der Waals surface area (Å²) in [5.74, 6) is -1.60. The Hall–Kier alpha value is -3.28. The minimum atomic E-state index is -0.624. The number of nitrogens with one attached hydrogen (secondary N) is 1. The molecule has 32 heavy (non-hydrogen) atoms. The molecule has 0 unspecified atom stereocenters. The molecule has 2 aromatic rings. The van der Waals surface area contributed by atoms with Crippen LogP contribution >= 0.6 is 11.3 Å². The van der Waals surface area contributed by atoms with E-state index in [1.807, 2.05) is 6.92 Å². The fraction of sp³-hybridized carbons (Fsp3) is 0.500. The van der Waals surface area contributed by atoms with Crippen molar-refractivity contribution in [3.05, 3.63) is 37.5 Å². The van der Waals surface area contributed by atoms with Crippen molar-refractivity contribution in [2.75, 3.05) is 19.0 Å². The Labute approximate surface area is 188 Å². The van der Waals surface area contributed by atoms with Gasteiger partial charge in [0.15, 0.2) is 0 Å². The van der Waals surface area contributed by atoms with Gasteiger partial charge in [0, 0.05) is 13.0 Å². The van der Waals surface area contributed by atoms with Crippen molar-refractivity contribution in [1.82, 2.24) is 9.78 Å². The number of nitrogens with zero attached hydrogens (tertiary/aromatic N) is 3. The van der Waals surface area contributed by atoms with E-state index in [2.05, 4.69) is 10.4 Å². The second kappa shape index (κ2) is 10.8. The van der Waals surface area contributed by atoms with E-state index in [4.69, 9.17) is 9.47 Å². The minimum absolute atomic E-state index is 0.0333. The van der Waals surface area contributed by atoms with Gasteiger partial charge in [-0.1, -0.05) is 6.92 Å². The molecule has 0 aromatic carbocycles. The van der Waals surface area contributed by atoms with Gasteiger partial charge in [-0.3, -0.25) is 19.6 Å². The van der Waals surface area contributed by atoms with Crippen molar-refractivity contribution in [2.45, 2.75) is 53.5 Å². The number of nitro groups is 1. The first kappa shape index (κ1) is 25.0. The Kier molecular flexibility index (Phi) is 8.47. The molecule has 0 atom stereocenters. The largest absolute Gasteiger partial charge is 0.465 e. The van der Waals surface area contributed by atoms with Crippen LogP contribution in [0.3, 0.4) is 0 Å². The van der Waals surface area contributed by atoms with Crippen LogP contribution in [0, 0.1) is 30.9 Å². The summed E-state index contributed by atoms with van der Waals surface area (Å²) in [6.45, 7) is 7.14. The molecule has 12 heteroatoms. The summed E-state index contributed by atoms with van der Waals surface area (Å²) >= 11 is 0.950. The molecule has 0 radical (unpaired) electrons. The number of anilines is 1. The van der Waals surface area contributed by atoms with Crippen LogP contribution in [0.25, 0.3) is 0 Å². The second-order valence-corrected chi connectivity index (χ2v) is 8.06. The van der Waals surface area contributed by atoms with Gasteiger partial charge in [-0.05, 0) is 39.2 Å². The van der Waals surface area contributed by atoms with Crippen molar-refractivity contribution in [3.63, 3.8) is 0 Å². The van der Waals surface area contributed by atoms with Crippen LogP contribution in [-0.2, 0) is 20.8 Å². The first-order chi connectivity index (χ1) is 15.1. The zero-order valence-corrected chi connectivity index (χ0v) is 19.5. The number of hydrogen-bond donors (Lipinski definition) is 1. The highest BCUT2D eigenvalue weighted by molar-refractivity contribution is 7.18. The molecule has 0 aliphatic carbocycles. The molecule has 0 bridgehead atoms. The summed E-state index contributed by atoms with van der Waals surface area (Å²) in [5, 5.41) is 18.2. The van der Waals surface area contributed by atoms with E-state index in [-0.39, 0.29) is 40.1 Å². The number of carbonyl (C=O) groups excluding carboxylic acids is 3. The fourth-order valence-corrected chi connectivity index (χ4v) is 4.28. The number of rotatable bonds is 10. The lowest BCUT2D eigenvalue weighted by atomic mass is 10.1. The monoisotopic (exact) mass is 466 g/mol. The number of hydrogen-bond acceptors (Lipinski definition) is 9. The normalized spacial score (nSPS) is 10.7. The second-order valence-electron chi connectivity index (χ2n) is 7.04. The number of esters is 2. The van der Waals surface area contributed by atoms with Gasteiger partial charge in [-0.25, -0.2) is 9.59 Å². The molecule has 0 saturated heterocycles. The Morgan fingerprint density at radius 3 is 2.47 bits per heavy atom. The Morgan fingerprint density at radius 1 is 1.22 bits per heavy atom. The highest BCUT2D eigenvalue weighted by Gasteiger charge is 2.27. The molecule has 1 N–H and O–H groups in total. The summed E-state index contributed by atoms with van der Waals surface area (Å²) in [6.07, 6.45) is 1.08. The van der Waals surface area contributed by atoms with Crippen molar-refractivity contribution < 1.29 is 28.8 Å². The SMILES string of the molecule is CCCOC(=O)c1c(NC(=O)CCCn2nc(C)c([N+](=O)[O-])c2C)sc(C(=O)OC)c1C. The number of aryl methyl sites for hydroxylation is 2. The highest BCUT2D eigenvalue weighted by atomic mass is 32.1. The van der Waals surface area contributed by atoms with Gasteiger partial charge in [0.1, 0.15) is 21.3 Å². The van der Waals surface area contributed by atoms with E-state index >= 15 is 0 Å². The van der Waals surface area contributed by atoms with Gasteiger partial charge < -0.3 is 14.8 Å². The van der Waals surface area contributed by atoms with Gasteiger partial charge in [0.2, 0.25) is 5.91 Å². The van der Waals surface area contributed by atoms with Gasteiger partial charge >= 0.3 is 17.6 Å². The molecule has 0 spiro atoms. The summed E-state index contributed by atoms with van der Waals surface area (Å²) in [4.78, 5) is 47.9. The number of aromatic nitrogens is 2. The summed E-state index contributed by atoms with van der Waals surface area (Å²) in [6, 6.07) is 0. The zero-order valence-electron chi connectivity index (χ0n) is 18.6. The van der Waals surface area contributed by atoms with Crippen LogP contribution in [0.2, 0.25) is 0 Å². The zero-order chi connectivity index (χ0) is 24.0. The van der Waals surface area contributed by atoms with Crippen LogP contribution in [0.1, 0.15) is 63.2 Å². The first-order valence-corrected chi connectivity index (χ1v) is 10.8.